The van der Waals surface area contributed by atoms with Crippen molar-refractivity contribution >= 4 is 5.95 Å². The molecule has 2 bridgehead atoms. The van der Waals surface area contributed by atoms with E-state index in [1.807, 2.05) is 23.3 Å². The van der Waals surface area contributed by atoms with Crippen LogP contribution < -0.4 is 4.90 Å². The van der Waals surface area contributed by atoms with Crippen molar-refractivity contribution < 1.29 is 0 Å². The van der Waals surface area contributed by atoms with Crippen molar-refractivity contribution in [3.05, 3.63) is 29.8 Å². The molecule has 2 aromatic heterocycles. The Morgan fingerprint density at radius 2 is 1.82 bits per heavy atom. The summed E-state index contributed by atoms with van der Waals surface area (Å²) in [6, 6.07) is 1.77. The van der Waals surface area contributed by atoms with Crippen LogP contribution in [-0.2, 0) is 13.0 Å². The van der Waals surface area contributed by atoms with Crippen molar-refractivity contribution in [3.63, 3.8) is 0 Å². The molecule has 0 aromatic carbocycles. The number of nitrogens with zero attached hydrogens (tertiary/aromatic N) is 7. The molecule has 4 heterocycles. The molecule has 7 heteroatoms. The normalized spacial score (nSPS) is 23.3. The van der Waals surface area contributed by atoms with Crippen LogP contribution in [0.25, 0.3) is 0 Å². The number of aromatic nitrogens is 5. The first kappa shape index (κ1) is 19.3. The highest BCUT2D eigenvalue weighted by Gasteiger charge is 2.41. The number of hydrogen-bond donors (Lipinski definition) is 0. The van der Waals surface area contributed by atoms with Gasteiger partial charge in [-0.25, -0.2) is 14.6 Å². The van der Waals surface area contributed by atoms with Crippen molar-refractivity contribution in [2.45, 2.75) is 84.0 Å². The van der Waals surface area contributed by atoms with Gasteiger partial charge in [0.2, 0.25) is 5.95 Å². The number of hydrogen-bond acceptors (Lipinski definition) is 6. The van der Waals surface area contributed by atoms with Crippen LogP contribution in [0.5, 0.6) is 0 Å². The molecule has 0 amide bonds. The quantitative estimate of drug-likeness (QED) is 0.698. The molecule has 0 aliphatic carbocycles. The Hall–Kier alpha value is -2.02. The third kappa shape index (κ3) is 4.04. The van der Waals surface area contributed by atoms with E-state index < -0.39 is 0 Å². The summed E-state index contributed by atoms with van der Waals surface area (Å²) in [6.07, 6.45) is 13.0. The van der Waals surface area contributed by atoms with E-state index in [-0.39, 0.29) is 0 Å². The molecule has 0 saturated carbocycles. The monoisotopic (exact) mass is 383 g/mol. The van der Waals surface area contributed by atoms with E-state index in [4.69, 9.17) is 9.97 Å². The zero-order valence-corrected chi connectivity index (χ0v) is 17.5. The van der Waals surface area contributed by atoms with E-state index in [1.54, 1.807) is 0 Å². The largest absolute Gasteiger partial charge is 0.332 e. The Morgan fingerprint density at radius 1 is 1.11 bits per heavy atom. The first-order chi connectivity index (χ1) is 13.7. The third-order valence-electron chi connectivity index (χ3n) is 6.36. The van der Waals surface area contributed by atoms with Crippen LogP contribution in [-0.4, -0.2) is 61.1 Å². The van der Waals surface area contributed by atoms with Crippen LogP contribution in [0.4, 0.5) is 5.95 Å². The number of piperazine rings is 1. The second-order valence-electron chi connectivity index (χ2n) is 8.41. The number of aryl methyl sites for hydroxylation is 1. The Kier molecular flexibility index (Phi) is 5.90. The molecule has 3 unspecified atom stereocenters. The molecule has 0 radical (unpaired) electrons. The highest BCUT2D eigenvalue weighted by atomic mass is 15.4. The molecule has 7 nitrogen and oxygen atoms in total. The van der Waals surface area contributed by atoms with Crippen LogP contribution in [0.15, 0.2) is 18.6 Å². The summed E-state index contributed by atoms with van der Waals surface area (Å²) in [6.45, 7) is 9.76. The summed E-state index contributed by atoms with van der Waals surface area (Å²) in [5.74, 6) is 0.891. The van der Waals surface area contributed by atoms with Crippen molar-refractivity contribution in [2.24, 2.45) is 0 Å². The summed E-state index contributed by atoms with van der Waals surface area (Å²) in [4.78, 5) is 14.6. The SMILES string of the molecule is CCCCc1cn(Cc2cnc(N3C4CCC3CN(C(C)CC)C4)nc2)nn1. The van der Waals surface area contributed by atoms with Gasteiger partial charge in [0, 0.05) is 55.4 Å². The zero-order valence-electron chi connectivity index (χ0n) is 17.5. The van der Waals surface area contributed by atoms with E-state index in [9.17, 15) is 0 Å². The second-order valence-corrected chi connectivity index (χ2v) is 8.41. The summed E-state index contributed by atoms with van der Waals surface area (Å²) in [7, 11) is 0. The van der Waals surface area contributed by atoms with E-state index in [0.29, 0.717) is 24.7 Å². The Labute approximate surface area is 168 Å². The average molecular weight is 384 g/mol. The molecule has 152 valence electrons. The predicted molar refractivity (Wildman–Crippen MR) is 110 cm³/mol. The van der Waals surface area contributed by atoms with E-state index >= 15 is 0 Å². The zero-order chi connectivity index (χ0) is 19.5. The summed E-state index contributed by atoms with van der Waals surface area (Å²) in [5, 5.41) is 8.50. The van der Waals surface area contributed by atoms with E-state index in [2.05, 4.69) is 40.9 Å². The van der Waals surface area contributed by atoms with E-state index in [0.717, 1.165) is 43.1 Å². The van der Waals surface area contributed by atoms with E-state index in [1.165, 1.54) is 25.7 Å². The molecule has 2 aromatic rings. The number of rotatable bonds is 8. The molecule has 0 spiro atoms. The van der Waals surface area contributed by atoms with Gasteiger partial charge in [0.15, 0.2) is 0 Å². The molecule has 2 aliphatic heterocycles. The average Bonchev–Trinajstić information content (AvgIpc) is 3.27. The topological polar surface area (TPSA) is 63.0 Å². The van der Waals surface area contributed by atoms with Gasteiger partial charge in [-0.1, -0.05) is 25.5 Å². The van der Waals surface area contributed by atoms with Gasteiger partial charge in [-0.05, 0) is 39.0 Å². The highest BCUT2D eigenvalue weighted by molar-refractivity contribution is 5.38. The maximum absolute atomic E-state index is 4.72. The van der Waals surface area contributed by atoms with Crippen LogP contribution in [0.1, 0.15) is 64.1 Å². The summed E-state index contributed by atoms with van der Waals surface area (Å²) < 4.78 is 1.89. The summed E-state index contributed by atoms with van der Waals surface area (Å²) in [5.41, 5.74) is 2.14. The first-order valence-electron chi connectivity index (χ1n) is 10.9. The van der Waals surface area contributed by atoms with Gasteiger partial charge >= 0.3 is 0 Å². The first-order valence-corrected chi connectivity index (χ1v) is 10.9. The van der Waals surface area contributed by atoms with Gasteiger partial charge in [-0.3, -0.25) is 4.90 Å². The van der Waals surface area contributed by atoms with Crippen molar-refractivity contribution in [3.8, 4) is 0 Å². The third-order valence-corrected chi connectivity index (χ3v) is 6.36. The van der Waals surface area contributed by atoms with Crippen molar-refractivity contribution in [2.75, 3.05) is 18.0 Å². The molecule has 2 aliphatic rings. The highest BCUT2D eigenvalue weighted by Crippen LogP contribution is 2.33. The molecular formula is C21H33N7. The standard InChI is InChI=1S/C21H33N7/c1-4-6-7-18-13-27(25-24-18)12-17-10-22-21(23-11-17)28-19-8-9-20(28)15-26(14-19)16(3)5-2/h10-11,13,16,19-20H,4-9,12,14-15H2,1-3H3. The predicted octanol–water partition coefficient (Wildman–Crippen LogP) is 2.91. The van der Waals surface area contributed by atoms with Gasteiger partial charge in [0.05, 0.1) is 12.2 Å². The minimum atomic E-state index is 0.551. The molecule has 3 atom stereocenters. The molecule has 2 saturated heterocycles. The maximum atomic E-state index is 4.72. The maximum Gasteiger partial charge on any atom is 0.225 e. The van der Waals surface area contributed by atoms with Gasteiger partial charge in [-0.15, -0.1) is 5.10 Å². The smallest absolute Gasteiger partial charge is 0.225 e. The number of likely N-dealkylation sites (tertiary alicyclic amines) is 1. The summed E-state index contributed by atoms with van der Waals surface area (Å²) >= 11 is 0. The van der Waals surface area contributed by atoms with Gasteiger partial charge < -0.3 is 4.90 Å². The fourth-order valence-corrected chi connectivity index (χ4v) is 4.52. The lowest BCUT2D eigenvalue weighted by molar-refractivity contribution is 0.162. The Balaban J connectivity index is 1.39. The Morgan fingerprint density at radius 3 is 2.46 bits per heavy atom. The van der Waals surface area contributed by atoms with Crippen LogP contribution in [0.3, 0.4) is 0 Å². The minimum Gasteiger partial charge on any atom is -0.332 e. The number of unbranched alkanes of at least 4 members (excludes halogenated alkanes) is 1. The Bertz CT molecular complexity index is 742. The molecule has 4 rings (SSSR count). The molecule has 2 fully saturated rings. The van der Waals surface area contributed by atoms with Crippen molar-refractivity contribution in [1.82, 2.24) is 29.9 Å². The second kappa shape index (κ2) is 8.55. The van der Waals surface area contributed by atoms with Gasteiger partial charge in [-0.2, -0.15) is 0 Å². The van der Waals surface area contributed by atoms with Crippen LogP contribution in [0, 0.1) is 0 Å². The lowest BCUT2D eigenvalue weighted by Crippen LogP contribution is -2.56. The lowest BCUT2D eigenvalue weighted by Gasteiger charge is -2.43. The fourth-order valence-electron chi connectivity index (χ4n) is 4.52. The van der Waals surface area contributed by atoms with Gasteiger partial charge in [0.1, 0.15) is 0 Å². The molecular weight excluding hydrogens is 350 g/mol. The fraction of sp³-hybridized carbons (Fsp3) is 0.714. The van der Waals surface area contributed by atoms with Crippen LogP contribution >= 0.6 is 0 Å². The number of fused-ring (bicyclic) bond motifs is 2. The van der Waals surface area contributed by atoms with Gasteiger partial charge in [0.25, 0.3) is 0 Å². The molecule has 0 N–H and O–H groups in total. The number of anilines is 1. The van der Waals surface area contributed by atoms with Crippen LogP contribution in [0.2, 0.25) is 0 Å². The van der Waals surface area contributed by atoms with Crippen molar-refractivity contribution in [1.29, 1.82) is 0 Å². The lowest BCUT2D eigenvalue weighted by atomic mass is 10.1. The minimum absolute atomic E-state index is 0.551. The molecule has 28 heavy (non-hydrogen) atoms.